The monoisotopic (exact) mass is 267 g/mol. The van der Waals surface area contributed by atoms with Crippen molar-refractivity contribution >= 4 is 12.0 Å². The molecule has 0 aliphatic heterocycles. The van der Waals surface area contributed by atoms with Crippen LogP contribution in [0.5, 0.6) is 0 Å². The summed E-state index contributed by atoms with van der Waals surface area (Å²) >= 11 is 0. The number of aromatic nitrogens is 1. The third-order valence-corrected chi connectivity index (χ3v) is 2.73. The van der Waals surface area contributed by atoms with Crippen molar-refractivity contribution in [1.29, 1.82) is 5.26 Å². The van der Waals surface area contributed by atoms with Crippen LogP contribution in [0.2, 0.25) is 0 Å². The Labute approximate surface area is 116 Å². The zero-order valence-electron chi connectivity index (χ0n) is 10.9. The minimum atomic E-state index is -0.444. The van der Waals surface area contributed by atoms with Crippen LogP contribution in [0.4, 0.5) is 0 Å². The van der Waals surface area contributed by atoms with Crippen LogP contribution >= 0.6 is 0 Å². The fourth-order valence-electron chi connectivity index (χ4n) is 1.65. The molecule has 0 bridgehead atoms. The number of nitriles is 1. The first-order chi connectivity index (χ1) is 9.70. The molecule has 0 saturated carbocycles. The summed E-state index contributed by atoms with van der Waals surface area (Å²) in [6.45, 7) is 1.83. The minimum Gasteiger partial charge on any atom is -0.465 e. The van der Waals surface area contributed by atoms with Crippen LogP contribution in [0.15, 0.2) is 52.9 Å². The molecule has 0 aliphatic rings. The summed E-state index contributed by atoms with van der Waals surface area (Å²) in [5.41, 5.74) is 0.867. The van der Waals surface area contributed by atoms with Crippen molar-refractivity contribution < 1.29 is 9.21 Å². The first-order valence-electron chi connectivity index (χ1n) is 6.07. The lowest BCUT2D eigenvalue weighted by molar-refractivity contribution is -0.117. The van der Waals surface area contributed by atoms with Crippen molar-refractivity contribution in [3.63, 3.8) is 0 Å². The Morgan fingerprint density at radius 2 is 2.35 bits per heavy atom. The molecule has 0 radical (unpaired) electrons. The van der Waals surface area contributed by atoms with Crippen LogP contribution in [0.3, 0.4) is 0 Å². The third-order valence-electron chi connectivity index (χ3n) is 2.73. The summed E-state index contributed by atoms with van der Waals surface area (Å²) in [6, 6.07) is 8.66. The van der Waals surface area contributed by atoms with E-state index in [0.29, 0.717) is 5.76 Å². The van der Waals surface area contributed by atoms with Gasteiger partial charge in [-0.1, -0.05) is 6.07 Å². The number of hydrogen-bond acceptors (Lipinski definition) is 4. The molecule has 0 fully saturated rings. The Hall–Kier alpha value is -2.87. The topological polar surface area (TPSA) is 78.9 Å². The number of carbonyl (C=O) groups excluding carboxylic acids is 1. The third kappa shape index (κ3) is 3.33. The molecule has 1 atom stereocenters. The van der Waals surface area contributed by atoms with Crippen molar-refractivity contribution in [2.75, 3.05) is 0 Å². The lowest BCUT2D eigenvalue weighted by Crippen LogP contribution is -2.27. The Morgan fingerprint density at radius 1 is 1.50 bits per heavy atom. The maximum atomic E-state index is 12.0. The van der Waals surface area contributed by atoms with E-state index in [2.05, 4.69) is 10.3 Å². The number of furan rings is 1. The van der Waals surface area contributed by atoms with E-state index in [4.69, 9.17) is 9.68 Å². The second-order valence-corrected chi connectivity index (χ2v) is 4.17. The van der Waals surface area contributed by atoms with Gasteiger partial charge in [-0.3, -0.25) is 9.78 Å². The Bertz CT molecular complexity index is 640. The fraction of sp³-hybridized carbons (Fsp3) is 0.133. The molecule has 20 heavy (non-hydrogen) atoms. The van der Waals surface area contributed by atoms with Gasteiger partial charge in [-0.05, 0) is 30.7 Å². The molecule has 0 aromatic carbocycles. The smallest absolute Gasteiger partial charge is 0.262 e. The van der Waals surface area contributed by atoms with Crippen LogP contribution in [-0.4, -0.2) is 10.9 Å². The molecular formula is C15H13N3O2. The van der Waals surface area contributed by atoms with E-state index >= 15 is 0 Å². The van der Waals surface area contributed by atoms with Gasteiger partial charge in [0.15, 0.2) is 0 Å². The molecule has 2 aromatic heterocycles. The average molecular weight is 267 g/mol. The Balaban J connectivity index is 2.09. The SMILES string of the molecule is C[C@H](NC(=O)/C(C#N)=C/c1ccco1)c1cccnc1. The van der Waals surface area contributed by atoms with Crippen molar-refractivity contribution in [3.05, 3.63) is 59.8 Å². The number of nitrogens with one attached hydrogen (secondary N) is 1. The van der Waals surface area contributed by atoms with E-state index in [1.165, 1.54) is 12.3 Å². The Kier molecular flexibility index (Phi) is 4.30. The van der Waals surface area contributed by atoms with E-state index < -0.39 is 5.91 Å². The van der Waals surface area contributed by atoms with Gasteiger partial charge in [-0.25, -0.2) is 0 Å². The van der Waals surface area contributed by atoms with E-state index in [1.54, 1.807) is 30.6 Å². The zero-order valence-corrected chi connectivity index (χ0v) is 10.9. The molecule has 5 nitrogen and oxygen atoms in total. The largest absolute Gasteiger partial charge is 0.465 e. The van der Waals surface area contributed by atoms with Gasteiger partial charge in [0.25, 0.3) is 5.91 Å². The maximum absolute atomic E-state index is 12.0. The number of pyridine rings is 1. The fourth-order valence-corrected chi connectivity index (χ4v) is 1.65. The summed E-state index contributed by atoms with van der Waals surface area (Å²) in [4.78, 5) is 16.0. The molecule has 2 rings (SSSR count). The van der Waals surface area contributed by atoms with Gasteiger partial charge in [-0.15, -0.1) is 0 Å². The van der Waals surface area contributed by atoms with Gasteiger partial charge in [0.05, 0.1) is 12.3 Å². The van der Waals surface area contributed by atoms with Gasteiger partial charge in [0, 0.05) is 18.5 Å². The second-order valence-electron chi connectivity index (χ2n) is 4.17. The molecule has 2 aromatic rings. The summed E-state index contributed by atoms with van der Waals surface area (Å²) in [5, 5.41) is 11.8. The van der Waals surface area contributed by atoms with E-state index in [0.717, 1.165) is 5.56 Å². The number of rotatable bonds is 4. The minimum absolute atomic E-state index is 0.00399. The van der Waals surface area contributed by atoms with Crippen molar-refractivity contribution in [2.24, 2.45) is 0 Å². The predicted octanol–water partition coefficient (Wildman–Crippen LogP) is 2.46. The van der Waals surface area contributed by atoms with Gasteiger partial charge < -0.3 is 9.73 Å². The molecule has 100 valence electrons. The highest BCUT2D eigenvalue weighted by Crippen LogP contribution is 2.12. The molecule has 5 heteroatoms. The highest BCUT2D eigenvalue weighted by atomic mass is 16.3. The maximum Gasteiger partial charge on any atom is 0.262 e. The zero-order chi connectivity index (χ0) is 14.4. The van der Waals surface area contributed by atoms with Crippen molar-refractivity contribution in [2.45, 2.75) is 13.0 Å². The van der Waals surface area contributed by atoms with Crippen molar-refractivity contribution in [3.8, 4) is 6.07 Å². The number of hydrogen-bond donors (Lipinski definition) is 1. The normalized spacial score (nSPS) is 12.5. The number of carbonyl (C=O) groups is 1. The molecule has 2 heterocycles. The Morgan fingerprint density at radius 3 is 2.95 bits per heavy atom. The second kappa shape index (κ2) is 6.34. The first-order valence-corrected chi connectivity index (χ1v) is 6.07. The van der Waals surface area contributed by atoms with Crippen LogP contribution < -0.4 is 5.32 Å². The summed E-state index contributed by atoms with van der Waals surface area (Å²) in [5.74, 6) is 0.0194. The highest BCUT2D eigenvalue weighted by molar-refractivity contribution is 6.01. The van der Waals surface area contributed by atoms with Crippen LogP contribution in [-0.2, 0) is 4.79 Å². The first kappa shape index (κ1) is 13.6. The van der Waals surface area contributed by atoms with E-state index in [9.17, 15) is 4.79 Å². The lowest BCUT2D eigenvalue weighted by Gasteiger charge is -2.13. The predicted molar refractivity (Wildman–Crippen MR) is 73.1 cm³/mol. The molecule has 1 N–H and O–H groups in total. The van der Waals surface area contributed by atoms with E-state index in [1.807, 2.05) is 19.1 Å². The standard InChI is InChI=1S/C15H13N3O2/c1-11(12-4-2-6-17-10-12)18-15(19)13(9-16)8-14-5-3-7-20-14/h2-8,10-11H,1H3,(H,18,19)/b13-8+/t11-/m0/s1. The lowest BCUT2D eigenvalue weighted by atomic mass is 10.1. The van der Waals surface area contributed by atoms with Gasteiger partial charge in [-0.2, -0.15) is 5.26 Å². The summed E-state index contributed by atoms with van der Waals surface area (Å²) < 4.78 is 5.09. The van der Waals surface area contributed by atoms with Gasteiger partial charge >= 0.3 is 0 Å². The highest BCUT2D eigenvalue weighted by Gasteiger charge is 2.14. The molecule has 0 unspecified atom stereocenters. The summed E-state index contributed by atoms with van der Waals surface area (Å²) in [6.07, 6.45) is 6.23. The van der Waals surface area contributed by atoms with Crippen LogP contribution in [0.1, 0.15) is 24.3 Å². The van der Waals surface area contributed by atoms with Gasteiger partial charge in [0.2, 0.25) is 0 Å². The molecule has 0 aliphatic carbocycles. The molecule has 0 saturated heterocycles. The molecule has 1 amide bonds. The molecular weight excluding hydrogens is 254 g/mol. The quantitative estimate of drug-likeness (QED) is 0.681. The van der Waals surface area contributed by atoms with E-state index in [-0.39, 0.29) is 11.6 Å². The van der Waals surface area contributed by atoms with Crippen LogP contribution in [0, 0.1) is 11.3 Å². The van der Waals surface area contributed by atoms with Crippen molar-refractivity contribution in [1.82, 2.24) is 10.3 Å². The number of amides is 1. The van der Waals surface area contributed by atoms with Crippen LogP contribution in [0.25, 0.3) is 6.08 Å². The molecule has 0 spiro atoms. The average Bonchev–Trinajstić information content (AvgIpc) is 2.98. The van der Waals surface area contributed by atoms with Gasteiger partial charge in [0.1, 0.15) is 17.4 Å². The number of nitrogens with zero attached hydrogens (tertiary/aromatic N) is 2. The summed E-state index contributed by atoms with van der Waals surface area (Å²) in [7, 11) is 0.